The molecule has 0 saturated heterocycles. The molecule has 4 rings (SSSR count). The van der Waals surface area contributed by atoms with Gasteiger partial charge in [-0.15, -0.1) is 0 Å². The third-order valence-corrected chi connectivity index (χ3v) is 6.42. The molecule has 0 aliphatic heterocycles. The number of hydrazone groups is 1. The van der Waals surface area contributed by atoms with E-state index in [4.69, 9.17) is 18.9 Å². The first-order valence-corrected chi connectivity index (χ1v) is 13.3. The SMILES string of the molecule is COc1cc(C(=O)Nc2ccc(C(=O)N/N=C/c3cc([N+](=O)[O-])ccc3OC(=O)c3ccc([N+](=O)[O-])cc3)cc2)cc(OC)c1OC. The summed E-state index contributed by atoms with van der Waals surface area (Å²) in [5.41, 5.74) is 2.46. The molecule has 0 unspecified atom stereocenters. The van der Waals surface area contributed by atoms with Crippen molar-refractivity contribution in [3.05, 3.63) is 121 Å². The summed E-state index contributed by atoms with van der Waals surface area (Å²) in [6.07, 6.45) is 1.05. The Labute approximate surface area is 265 Å². The molecule has 240 valence electrons. The normalized spacial score (nSPS) is 10.5. The Balaban J connectivity index is 1.44. The molecule has 16 heteroatoms. The summed E-state index contributed by atoms with van der Waals surface area (Å²) < 4.78 is 21.2. The van der Waals surface area contributed by atoms with Crippen LogP contribution in [0.1, 0.15) is 36.6 Å². The number of carbonyl (C=O) groups excluding carboxylic acids is 3. The molecule has 0 aliphatic carbocycles. The molecule has 0 aromatic heterocycles. The minimum Gasteiger partial charge on any atom is -0.493 e. The summed E-state index contributed by atoms with van der Waals surface area (Å²) in [4.78, 5) is 59.0. The summed E-state index contributed by atoms with van der Waals surface area (Å²) in [7, 11) is 4.29. The third kappa shape index (κ3) is 8.01. The highest BCUT2D eigenvalue weighted by atomic mass is 16.6. The summed E-state index contributed by atoms with van der Waals surface area (Å²) in [5, 5.41) is 28.7. The monoisotopic (exact) mass is 643 g/mol. The van der Waals surface area contributed by atoms with E-state index < -0.39 is 27.6 Å². The highest BCUT2D eigenvalue weighted by molar-refractivity contribution is 6.05. The second kappa shape index (κ2) is 14.8. The highest BCUT2D eigenvalue weighted by Crippen LogP contribution is 2.38. The number of benzene rings is 4. The molecule has 0 fully saturated rings. The molecule has 47 heavy (non-hydrogen) atoms. The molecule has 0 radical (unpaired) electrons. The lowest BCUT2D eigenvalue weighted by Crippen LogP contribution is -2.18. The molecule has 4 aromatic carbocycles. The van der Waals surface area contributed by atoms with Crippen molar-refractivity contribution < 1.29 is 43.2 Å². The van der Waals surface area contributed by atoms with Crippen LogP contribution in [0.15, 0.2) is 84.0 Å². The third-order valence-electron chi connectivity index (χ3n) is 6.42. The number of anilines is 1. The molecule has 2 amide bonds. The number of hydrogen-bond acceptors (Lipinski definition) is 12. The number of non-ortho nitro benzene ring substituents is 2. The topological polar surface area (TPSA) is 211 Å². The average molecular weight is 644 g/mol. The van der Waals surface area contributed by atoms with E-state index in [1.165, 1.54) is 75.9 Å². The van der Waals surface area contributed by atoms with E-state index >= 15 is 0 Å². The Kier molecular flexibility index (Phi) is 10.4. The Morgan fingerprint density at radius 1 is 0.681 bits per heavy atom. The minimum atomic E-state index is -0.884. The van der Waals surface area contributed by atoms with Crippen LogP contribution in [0.3, 0.4) is 0 Å². The zero-order valence-electron chi connectivity index (χ0n) is 24.9. The van der Waals surface area contributed by atoms with E-state index in [2.05, 4.69) is 15.8 Å². The number of nitrogens with zero attached hydrogens (tertiary/aromatic N) is 3. The molecule has 0 spiro atoms. The predicted octanol–water partition coefficient (Wildman–Crippen LogP) is 4.76. The van der Waals surface area contributed by atoms with E-state index in [1.54, 1.807) is 0 Å². The largest absolute Gasteiger partial charge is 0.493 e. The van der Waals surface area contributed by atoms with Crippen molar-refractivity contribution in [2.45, 2.75) is 0 Å². The molecule has 0 bridgehead atoms. The fourth-order valence-electron chi connectivity index (χ4n) is 4.07. The quantitative estimate of drug-likeness (QED) is 0.0706. The molecule has 0 saturated carbocycles. The van der Waals surface area contributed by atoms with E-state index in [-0.39, 0.29) is 39.4 Å². The first kappa shape index (κ1) is 33.1. The van der Waals surface area contributed by atoms with Crippen LogP contribution in [-0.4, -0.2) is 55.2 Å². The van der Waals surface area contributed by atoms with Gasteiger partial charge >= 0.3 is 5.97 Å². The second-order valence-corrected chi connectivity index (χ2v) is 9.32. The number of nitro benzene ring substituents is 2. The number of esters is 1. The number of hydrogen-bond donors (Lipinski definition) is 2. The number of amides is 2. The van der Waals surface area contributed by atoms with Crippen molar-refractivity contribution >= 4 is 41.1 Å². The van der Waals surface area contributed by atoms with Crippen molar-refractivity contribution in [1.29, 1.82) is 0 Å². The van der Waals surface area contributed by atoms with E-state index in [9.17, 15) is 34.6 Å². The van der Waals surface area contributed by atoms with Gasteiger partial charge in [-0.3, -0.25) is 29.8 Å². The van der Waals surface area contributed by atoms with Gasteiger partial charge in [0, 0.05) is 46.6 Å². The summed E-state index contributed by atoms with van der Waals surface area (Å²) in [5.74, 6) is -1.22. The van der Waals surface area contributed by atoms with Crippen molar-refractivity contribution in [1.82, 2.24) is 5.43 Å². The Bertz CT molecular complexity index is 1850. The molecule has 0 atom stereocenters. The van der Waals surface area contributed by atoms with Crippen LogP contribution < -0.4 is 29.7 Å². The fraction of sp³-hybridized carbons (Fsp3) is 0.0968. The standard InChI is InChI=1S/C31H25N5O11/c1-44-26-15-20(16-27(45-2)28(26)46-3)29(37)33-22-8-4-18(5-9-22)30(38)34-32-17-21-14-24(36(42)43)12-13-25(21)47-31(39)19-6-10-23(11-7-19)35(40)41/h4-17H,1-3H3,(H,33,37)(H,34,38)/b32-17+. The lowest BCUT2D eigenvalue weighted by Gasteiger charge is -2.14. The van der Waals surface area contributed by atoms with Crippen LogP contribution in [0.2, 0.25) is 0 Å². The van der Waals surface area contributed by atoms with Gasteiger partial charge < -0.3 is 24.3 Å². The molecular formula is C31H25N5O11. The first-order chi connectivity index (χ1) is 22.5. The minimum absolute atomic E-state index is 0.00627. The van der Waals surface area contributed by atoms with Crippen molar-refractivity contribution in [2.24, 2.45) is 5.10 Å². The number of methoxy groups -OCH3 is 3. The van der Waals surface area contributed by atoms with Crippen molar-refractivity contribution in [3.8, 4) is 23.0 Å². The van der Waals surface area contributed by atoms with Crippen LogP contribution in [0.4, 0.5) is 17.1 Å². The lowest BCUT2D eigenvalue weighted by atomic mass is 10.1. The zero-order valence-corrected chi connectivity index (χ0v) is 24.9. The van der Waals surface area contributed by atoms with Gasteiger partial charge in [-0.05, 0) is 54.6 Å². The van der Waals surface area contributed by atoms with Gasteiger partial charge in [0.05, 0.1) is 43.0 Å². The van der Waals surface area contributed by atoms with E-state index in [1.807, 2.05) is 0 Å². The van der Waals surface area contributed by atoms with Crippen LogP contribution >= 0.6 is 0 Å². The fourth-order valence-corrected chi connectivity index (χ4v) is 4.07. The Morgan fingerprint density at radius 3 is 1.81 bits per heavy atom. The molecule has 2 N–H and O–H groups in total. The number of nitro groups is 2. The zero-order chi connectivity index (χ0) is 34.1. The van der Waals surface area contributed by atoms with Gasteiger partial charge in [0.25, 0.3) is 23.2 Å². The smallest absolute Gasteiger partial charge is 0.343 e. The Hall–Kier alpha value is -6.84. The van der Waals surface area contributed by atoms with Crippen LogP contribution in [-0.2, 0) is 0 Å². The van der Waals surface area contributed by atoms with Gasteiger partial charge in [0.2, 0.25) is 5.75 Å². The van der Waals surface area contributed by atoms with Crippen LogP contribution in [0.25, 0.3) is 0 Å². The van der Waals surface area contributed by atoms with Crippen molar-refractivity contribution in [2.75, 3.05) is 26.6 Å². The van der Waals surface area contributed by atoms with Gasteiger partial charge in [-0.2, -0.15) is 5.10 Å². The average Bonchev–Trinajstić information content (AvgIpc) is 3.08. The van der Waals surface area contributed by atoms with Gasteiger partial charge in [-0.25, -0.2) is 10.2 Å². The molecule has 0 aliphatic rings. The number of nitrogens with one attached hydrogen (secondary N) is 2. The van der Waals surface area contributed by atoms with Crippen LogP contribution in [0, 0.1) is 20.2 Å². The summed E-state index contributed by atoms with van der Waals surface area (Å²) in [6.45, 7) is 0. The summed E-state index contributed by atoms with van der Waals surface area (Å²) in [6, 6.07) is 16.8. The molecule has 0 heterocycles. The lowest BCUT2D eigenvalue weighted by molar-refractivity contribution is -0.385. The van der Waals surface area contributed by atoms with Gasteiger partial charge in [-0.1, -0.05) is 0 Å². The number of carbonyl (C=O) groups is 3. The number of rotatable bonds is 12. The maximum atomic E-state index is 12.9. The van der Waals surface area contributed by atoms with Crippen molar-refractivity contribution in [3.63, 3.8) is 0 Å². The van der Waals surface area contributed by atoms with Gasteiger partial charge in [0.15, 0.2) is 11.5 Å². The Morgan fingerprint density at radius 2 is 1.26 bits per heavy atom. The predicted molar refractivity (Wildman–Crippen MR) is 167 cm³/mol. The van der Waals surface area contributed by atoms with E-state index in [0.717, 1.165) is 30.5 Å². The summed E-state index contributed by atoms with van der Waals surface area (Å²) >= 11 is 0. The van der Waals surface area contributed by atoms with Crippen LogP contribution in [0.5, 0.6) is 23.0 Å². The maximum Gasteiger partial charge on any atom is 0.343 e. The molecule has 4 aromatic rings. The van der Waals surface area contributed by atoms with Gasteiger partial charge in [0.1, 0.15) is 5.75 Å². The second-order valence-electron chi connectivity index (χ2n) is 9.32. The highest BCUT2D eigenvalue weighted by Gasteiger charge is 2.18. The van der Waals surface area contributed by atoms with E-state index in [0.29, 0.717) is 22.9 Å². The molecular weight excluding hydrogens is 618 g/mol. The number of ether oxygens (including phenoxy) is 4. The maximum absolute atomic E-state index is 12.9. The molecule has 16 nitrogen and oxygen atoms in total. The first-order valence-electron chi connectivity index (χ1n) is 13.3.